The van der Waals surface area contributed by atoms with Gasteiger partial charge in [-0.1, -0.05) is 19.6 Å². The van der Waals surface area contributed by atoms with Gasteiger partial charge in [0.15, 0.2) is 5.65 Å². The fourth-order valence-corrected chi connectivity index (χ4v) is 4.93. The number of aromatic amines is 1. The minimum absolute atomic E-state index is 0.238. The summed E-state index contributed by atoms with van der Waals surface area (Å²) in [6.07, 6.45) is 6.73. The number of aromatic nitrogens is 6. The molecule has 0 spiro atoms. The van der Waals surface area contributed by atoms with E-state index in [1.165, 1.54) is 12.1 Å². The summed E-state index contributed by atoms with van der Waals surface area (Å²) in [4.78, 5) is 26.9. The second-order valence-electron chi connectivity index (χ2n) is 10.5. The van der Waals surface area contributed by atoms with Crippen LogP contribution in [-0.4, -0.2) is 50.3 Å². The van der Waals surface area contributed by atoms with Crippen molar-refractivity contribution in [2.75, 3.05) is 6.61 Å². The zero-order valence-electron chi connectivity index (χ0n) is 21.8. The van der Waals surface area contributed by atoms with Gasteiger partial charge in [0.2, 0.25) is 0 Å². The average molecular weight is 532 g/mol. The zero-order chi connectivity index (χ0) is 26.9. The average Bonchev–Trinajstić information content (AvgIpc) is 3.47. The van der Waals surface area contributed by atoms with Crippen LogP contribution in [0.2, 0.25) is 25.7 Å². The number of amides is 1. The van der Waals surface area contributed by atoms with Crippen LogP contribution in [0.5, 0.6) is 0 Å². The van der Waals surface area contributed by atoms with Crippen molar-refractivity contribution in [3.8, 4) is 11.4 Å². The first kappa shape index (κ1) is 25.7. The molecule has 0 aliphatic heterocycles. The third-order valence-electron chi connectivity index (χ3n) is 6.36. The van der Waals surface area contributed by atoms with Gasteiger partial charge in [-0.05, 0) is 48.9 Å². The molecular weight excluding hydrogens is 501 g/mol. The Morgan fingerprint density at radius 1 is 1.21 bits per heavy atom. The Kier molecular flexibility index (Phi) is 7.04. The van der Waals surface area contributed by atoms with Gasteiger partial charge < -0.3 is 14.6 Å². The van der Waals surface area contributed by atoms with Gasteiger partial charge in [-0.15, -0.1) is 0 Å². The third kappa shape index (κ3) is 5.48. The monoisotopic (exact) mass is 531 g/mol. The van der Waals surface area contributed by atoms with Gasteiger partial charge >= 0.3 is 0 Å². The van der Waals surface area contributed by atoms with Crippen LogP contribution < -0.4 is 5.32 Å². The molecule has 11 heteroatoms. The highest BCUT2D eigenvalue weighted by Gasteiger charge is 2.22. The predicted octanol–water partition coefficient (Wildman–Crippen LogP) is 5.31. The van der Waals surface area contributed by atoms with Crippen LogP contribution in [0.25, 0.3) is 33.5 Å². The molecule has 0 saturated carbocycles. The summed E-state index contributed by atoms with van der Waals surface area (Å²) in [5.41, 5.74) is 3.86. The molecule has 0 bridgehead atoms. The first-order chi connectivity index (χ1) is 18.2. The first-order valence-electron chi connectivity index (χ1n) is 12.5. The SMILES string of the molecule is CC(NC(=O)c1cn(COCC[Si](C)(C)C)c2ncc(-c3n[nH]c4cc(F)ccc34)nc12)c1ccncc1. The van der Waals surface area contributed by atoms with Crippen molar-refractivity contribution >= 4 is 36.0 Å². The Morgan fingerprint density at radius 3 is 2.76 bits per heavy atom. The van der Waals surface area contributed by atoms with Crippen molar-refractivity contribution < 1.29 is 13.9 Å². The van der Waals surface area contributed by atoms with Crippen molar-refractivity contribution in [2.45, 2.75) is 45.4 Å². The van der Waals surface area contributed by atoms with Gasteiger partial charge in [0, 0.05) is 38.7 Å². The standard InChI is InChI=1S/C27H30FN7O2Si/c1-17(18-7-9-29-10-8-18)31-27(36)21-15-35(16-37-11-12-38(2,3)4)26-25(21)32-23(14-30-26)24-20-6-5-19(28)13-22(20)33-34-24/h5-10,13-15,17H,11-12,16H2,1-4H3,(H,31,36)(H,33,34). The summed E-state index contributed by atoms with van der Waals surface area (Å²) in [6.45, 7) is 9.71. The number of hydrogen-bond acceptors (Lipinski definition) is 6. The number of halogens is 1. The molecule has 4 aromatic heterocycles. The molecule has 4 heterocycles. The van der Waals surface area contributed by atoms with Crippen molar-refractivity contribution in [3.05, 3.63) is 72.1 Å². The van der Waals surface area contributed by atoms with E-state index in [-0.39, 0.29) is 24.5 Å². The molecule has 196 valence electrons. The quantitative estimate of drug-likeness (QED) is 0.197. The Morgan fingerprint density at radius 2 is 2.00 bits per heavy atom. The molecule has 1 atom stereocenters. The van der Waals surface area contributed by atoms with E-state index in [1.54, 1.807) is 35.4 Å². The van der Waals surface area contributed by atoms with Crippen molar-refractivity contribution in [1.82, 2.24) is 35.0 Å². The molecule has 1 amide bonds. The lowest BCUT2D eigenvalue weighted by Gasteiger charge is -2.15. The number of pyridine rings is 1. The van der Waals surface area contributed by atoms with Crippen molar-refractivity contribution in [3.63, 3.8) is 0 Å². The second kappa shape index (κ2) is 10.4. The normalized spacial score (nSPS) is 12.8. The number of benzene rings is 1. The fourth-order valence-electron chi connectivity index (χ4n) is 4.17. The number of carbonyl (C=O) groups excluding carboxylic acids is 1. The summed E-state index contributed by atoms with van der Waals surface area (Å²) in [5.74, 6) is -0.636. The minimum Gasteiger partial charge on any atom is -0.361 e. The number of rotatable bonds is 9. The number of hydrogen-bond donors (Lipinski definition) is 2. The number of ether oxygens (including phenoxy) is 1. The third-order valence-corrected chi connectivity index (χ3v) is 8.06. The summed E-state index contributed by atoms with van der Waals surface area (Å²) in [6, 6.07) is 8.93. The van der Waals surface area contributed by atoms with Gasteiger partial charge in [0.05, 0.1) is 23.3 Å². The summed E-state index contributed by atoms with van der Waals surface area (Å²) < 4.78 is 21.4. The van der Waals surface area contributed by atoms with E-state index in [0.29, 0.717) is 45.6 Å². The van der Waals surface area contributed by atoms with E-state index in [4.69, 9.17) is 9.72 Å². The molecule has 1 aromatic carbocycles. The van der Waals surface area contributed by atoms with Crippen LogP contribution >= 0.6 is 0 Å². The van der Waals surface area contributed by atoms with Crippen molar-refractivity contribution in [2.24, 2.45) is 0 Å². The van der Waals surface area contributed by atoms with Gasteiger partial charge in [-0.2, -0.15) is 5.10 Å². The molecule has 5 rings (SSSR count). The minimum atomic E-state index is -1.24. The van der Waals surface area contributed by atoms with Crippen LogP contribution in [0, 0.1) is 5.82 Å². The smallest absolute Gasteiger partial charge is 0.255 e. The molecule has 9 nitrogen and oxygen atoms in total. The number of carbonyl (C=O) groups is 1. The van der Waals surface area contributed by atoms with E-state index in [0.717, 1.165) is 11.6 Å². The Balaban J connectivity index is 1.50. The Bertz CT molecular complexity index is 1590. The zero-order valence-corrected chi connectivity index (χ0v) is 22.8. The predicted molar refractivity (Wildman–Crippen MR) is 147 cm³/mol. The lowest BCUT2D eigenvalue weighted by atomic mass is 10.1. The highest BCUT2D eigenvalue weighted by atomic mass is 28.3. The maximum atomic E-state index is 13.7. The van der Waals surface area contributed by atoms with Crippen molar-refractivity contribution in [1.29, 1.82) is 0 Å². The largest absolute Gasteiger partial charge is 0.361 e. The van der Waals surface area contributed by atoms with Gasteiger partial charge in [-0.25, -0.2) is 14.4 Å². The summed E-state index contributed by atoms with van der Waals surface area (Å²) >= 11 is 0. The van der Waals surface area contributed by atoms with Crippen LogP contribution in [0.15, 0.2) is 55.1 Å². The first-order valence-corrected chi connectivity index (χ1v) is 16.2. The molecule has 38 heavy (non-hydrogen) atoms. The maximum absolute atomic E-state index is 13.7. The molecular formula is C27H30FN7O2Si. The lowest BCUT2D eigenvalue weighted by Crippen LogP contribution is -2.26. The molecule has 0 fully saturated rings. The van der Waals surface area contributed by atoms with Gasteiger partial charge in [0.25, 0.3) is 5.91 Å². The van der Waals surface area contributed by atoms with Crippen LogP contribution in [0.3, 0.4) is 0 Å². The van der Waals surface area contributed by atoms with E-state index in [9.17, 15) is 9.18 Å². The molecule has 2 N–H and O–H groups in total. The van der Waals surface area contributed by atoms with E-state index < -0.39 is 8.07 Å². The molecule has 0 saturated heterocycles. The fraction of sp³-hybridized carbons (Fsp3) is 0.296. The van der Waals surface area contributed by atoms with E-state index in [1.807, 2.05) is 19.1 Å². The number of nitrogens with zero attached hydrogens (tertiary/aromatic N) is 5. The maximum Gasteiger partial charge on any atom is 0.255 e. The lowest BCUT2D eigenvalue weighted by molar-refractivity contribution is 0.0890. The topological polar surface area (TPSA) is 111 Å². The number of fused-ring (bicyclic) bond motifs is 2. The Labute approximate surface area is 220 Å². The van der Waals surface area contributed by atoms with Gasteiger partial charge in [-0.3, -0.25) is 14.9 Å². The van der Waals surface area contributed by atoms with Crippen LogP contribution in [0.1, 0.15) is 28.9 Å². The van der Waals surface area contributed by atoms with E-state index in [2.05, 4.69) is 45.1 Å². The Hall–Kier alpha value is -3.96. The highest BCUT2D eigenvalue weighted by molar-refractivity contribution is 6.76. The van der Waals surface area contributed by atoms with Gasteiger partial charge in [0.1, 0.15) is 29.5 Å². The summed E-state index contributed by atoms with van der Waals surface area (Å²) in [7, 11) is -1.24. The van der Waals surface area contributed by atoms with Crippen LogP contribution in [-0.2, 0) is 11.5 Å². The van der Waals surface area contributed by atoms with Crippen LogP contribution in [0.4, 0.5) is 4.39 Å². The number of nitrogens with one attached hydrogen (secondary N) is 2. The number of H-pyrrole nitrogens is 1. The highest BCUT2D eigenvalue weighted by Crippen LogP contribution is 2.28. The molecule has 1 unspecified atom stereocenters. The summed E-state index contributed by atoms with van der Waals surface area (Å²) in [5, 5.41) is 10.9. The molecule has 5 aromatic rings. The molecule has 0 aliphatic carbocycles. The second-order valence-corrected chi connectivity index (χ2v) is 16.1. The van der Waals surface area contributed by atoms with E-state index >= 15 is 0 Å². The molecule has 0 radical (unpaired) electrons. The molecule has 0 aliphatic rings.